The summed E-state index contributed by atoms with van der Waals surface area (Å²) in [7, 11) is 0. The molecule has 7 heteroatoms. The lowest BCUT2D eigenvalue weighted by molar-refractivity contribution is -0.209. The van der Waals surface area contributed by atoms with E-state index in [1.807, 2.05) is 12.1 Å². The van der Waals surface area contributed by atoms with Crippen molar-refractivity contribution in [1.29, 1.82) is 0 Å². The number of fused-ring (bicyclic) bond motifs is 4. The molecule has 1 aromatic carbocycles. The largest absolute Gasteiger partial charge is 0.451 e. The molecule has 6 rings (SSSR count). The van der Waals surface area contributed by atoms with Gasteiger partial charge in [0.2, 0.25) is 0 Å². The number of nitrogens with two attached hydrogens (primary N) is 1. The van der Waals surface area contributed by atoms with Gasteiger partial charge in [0.1, 0.15) is 0 Å². The van der Waals surface area contributed by atoms with E-state index in [0.717, 1.165) is 36.8 Å². The number of hydrogen-bond acceptors (Lipinski definition) is 7. The van der Waals surface area contributed by atoms with Gasteiger partial charge in [-0.05, 0) is 80.6 Å². The zero-order valence-corrected chi connectivity index (χ0v) is 22.2. The van der Waals surface area contributed by atoms with Crippen molar-refractivity contribution in [2.45, 2.75) is 95.0 Å². The molecule has 0 radical (unpaired) electrons. The predicted octanol–water partition coefficient (Wildman–Crippen LogP) is 4.43. The Hall–Kier alpha value is -2.22. The predicted molar refractivity (Wildman–Crippen MR) is 137 cm³/mol. The Balaban J connectivity index is 1.50. The molecular formula is C30H39NO6. The molecule has 0 amide bonds. The maximum atomic E-state index is 13.3. The first-order valence-corrected chi connectivity index (χ1v) is 13.8. The fraction of sp³-hybridized carbons (Fsp3) is 0.667. The van der Waals surface area contributed by atoms with Crippen LogP contribution in [-0.2, 0) is 23.8 Å². The number of benzene rings is 1. The Morgan fingerprint density at radius 1 is 1.05 bits per heavy atom. The van der Waals surface area contributed by atoms with Crippen LogP contribution in [0.4, 0.5) is 5.69 Å². The summed E-state index contributed by atoms with van der Waals surface area (Å²) in [4.78, 5) is 25.6. The van der Waals surface area contributed by atoms with E-state index in [9.17, 15) is 14.7 Å². The van der Waals surface area contributed by atoms with Gasteiger partial charge in [0, 0.05) is 36.8 Å². The summed E-state index contributed by atoms with van der Waals surface area (Å²) in [6, 6.07) is 8.00. The number of carbonyl (C=O) groups is 2. The highest BCUT2D eigenvalue weighted by molar-refractivity contribution is 5.89. The molecule has 2 unspecified atom stereocenters. The number of rotatable bonds is 3. The van der Waals surface area contributed by atoms with E-state index in [0.29, 0.717) is 44.6 Å². The van der Waals surface area contributed by atoms with Gasteiger partial charge in [0.25, 0.3) is 0 Å². The second-order valence-electron chi connectivity index (χ2n) is 12.4. The molecule has 7 nitrogen and oxygen atoms in total. The highest BCUT2D eigenvalue weighted by atomic mass is 16.7. The van der Waals surface area contributed by atoms with E-state index in [1.54, 1.807) is 6.92 Å². The van der Waals surface area contributed by atoms with Crippen LogP contribution in [0, 0.1) is 17.3 Å². The Morgan fingerprint density at radius 2 is 1.76 bits per heavy atom. The molecule has 1 aromatic rings. The highest BCUT2D eigenvalue weighted by Crippen LogP contribution is 2.68. The van der Waals surface area contributed by atoms with Gasteiger partial charge in [-0.25, -0.2) is 0 Å². The van der Waals surface area contributed by atoms with Crippen molar-refractivity contribution < 1.29 is 28.9 Å². The summed E-state index contributed by atoms with van der Waals surface area (Å²) in [6.07, 6.45) is 5.46. The Kier molecular flexibility index (Phi) is 5.69. The molecule has 1 heterocycles. The first kappa shape index (κ1) is 25.1. The third kappa shape index (κ3) is 3.57. The molecule has 3 saturated carbocycles. The molecule has 4 fully saturated rings. The summed E-state index contributed by atoms with van der Waals surface area (Å²) >= 11 is 0. The van der Waals surface area contributed by atoms with Crippen LogP contribution in [0.25, 0.3) is 0 Å². The molecule has 37 heavy (non-hydrogen) atoms. The van der Waals surface area contributed by atoms with Crippen LogP contribution in [0.1, 0.15) is 83.6 Å². The number of allylic oxidation sites excluding steroid dienone is 1. The summed E-state index contributed by atoms with van der Waals surface area (Å²) in [5, 5.41) is 12.1. The van der Waals surface area contributed by atoms with Gasteiger partial charge in [-0.2, -0.15) is 0 Å². The van der Waals surface area contributed by atoms with Gasteiger partial charge in [0.15, 0.2) is 17.2 Å². The molecule has 0 aromatic heterocycles. The molecule has 6 atom stereocenters. The number of aliphatic hydroxyl groups is 1. The second-order valence-corrected chi connectivity index (χ2v) is 12.4. The van der Waals surface area contributed by atoms with Gasteiger partial charge >= 0.3 is 5.97 Å². The van der Waals surface area contributed by atoms with Gasteiger partial charge in [-0.1, -0.05) is 24.6 Å². The second kappa shape index (κ2) is 8.39. The minimum atomic E-state index is -1.12. The van der Waals surface area contributed by atoms with Crippen molar-refractivity contribution in [3.8, 4) is 0 Å². The average molecular weight is 510 g/mol. The smallest absolute Gasteiger partial charge is 0.303 e. The zero-order valence-electron chi connectivity index (χ0n) is 22.2. The number of ketones is 1. The quantitative estimate of drug-likeness (QED) is 0.353. The van der Waals surface area contributed by atoms with Crippen LogP contribution in [0.2, 0.25) is 0 Å². The van der Waals surface area contributed by atoms with E-state index < -0.39 is 28.4 Å². The fourth-order valence-electron chi connectivity index (χ4n) is 9.09. The third-order valence-electron chi connectivity index (χ3n) is 10.6. The SMILES string of the molecule is CC(=O)O[C@]1(C(C)=O)CCC2C3CC[C@@]4(O)CC5(CCC4=C3[C@@H](c3ccc(N)cc3)C[C@@]21C)OCCO5. The molecule has 1 spiro atoms. The maximum Gasteiger partial charge on any atom is 0.303 e. The Labute approximate surface area is 218 Å². The molecular weight excluding hydrogens is 470 g/mol. The number of hydrogen-bond donors (Lipinski definition) is 2. The lowest BCUT2D eigenvalue weighted by Gasteiger charge is -2.57. The topological polar surface area (TPSA) is 108 Å². The molecule has 200 valence electrons. The van der Waals surface area contributed by atoms with Gasteiger partial charge in [-0.15, -0.1) is 0 Å². The van der Waals surface area contributed by atoms with Crippen LogP contribution in [0.15, 0.2) is 35.4 Å². The van der Waals surface area contributed by atoms with E-state index in [2.05, 4.69) is 19.1 Å². The fourth-order valence-corrected chi connectivity index (χ4v) is 9.09. The number of esters is 1. The molecule has 0 bridgehead atoms. The van der Waals surface area contributed by atoms with Crippen molar-refractivity contribution in [1.82, 2.24) is 0 Å². The van der Waals surface area contributed by atoms with Crippen molar-refractivity contribution in [3.05, 3.63) is 41.0 Å². The molecule has 3 N–H and O–H groups in total. The summed E-state index contributed by atoms with van der Waals surface area (Å²) in [5.41, 5.74) is 7.77. The van der Waals surface area contributed by atoms with Gasteiger partial charge in [0.05, 0.1) is 18.8 Å². The molecule has 1 aliphatic heterocycles. The lowest BCUT2D eigenvalue weighted by atomic mass is 9.49. The van der Waals surface area contributed by atoms with Gasteiger partial charge in [-0.3, -0.25) is 9.59 Å². The van der Waals surface area contributed by atoms with E-state index in [-0.39, 0.29) is 23.5 Å². The van der Waals surface area contributed by atoms with Crippen LogP contribution in [0.3, 0.4) is 0 Å². The molecule has 1 saturated heterocycles. The molecule has 4 aliphatic carbocycles. The minimum Gasteiger partial charge on any atom is -0.451 e. The van der Waals surface area contributed by atoms with E-state index >= 15 is 0 Å². The first-order chi connectivity index (χ1) is 17.5. The van der Waals surface area contributed by atoms with Crippen molar-refractivity contribution in [2.75, 3.05) is 18.9 Å². The first-order valence-electron chi connectivity index (χ1n) is 13.8. The van der Waals surface area contributed by atoms with Crippen molar-refractivity contribution in [3.63, 3.8) is 0 Å². The van der Waals surface area contributed by atoms with E-state index in [1.165, 1.54) is 12.5 Å². The van der Waals surface area contributed by atoms with Crippen molar-refractivity contribution >= 4 is 17.4 Å². The monoisotopic (exact) mass is 509 g/mol. The number of carbonyl (C=O) groups excluding carboxylic acids is 2. The van der Waals surface area contributed by atoms with Crippen molar-refractivity contribution in [2.24, 2.45) is 17.3 Å². The van der Waals surface area contributed by atoms with E-state index in [4.69, 9.17) is 19.9 Å². The van der Waals surface area contributed by atoms with Crippen LogP contribution in [0.5, 0.6) is 0 Å². The van der Waals surface area contributed by atoms with Crippen LogP contribution >= 0.6 is 0 Å². The summed E-state index contributed by atoms with van der Waals surface area (Å²) in [5.74, 6) is -0.742. The standard InChI is InChI=1S/C30H39NO6/c1-18(32)30(37-19(2)33)13-10-24-22-8-11-28(34)17-29(35-14-15-36-29)12-9-25(28)26(22)23(16-27(24,30)3)20-4-6-21(31)7-5-20/h4-7,22-24,34H,8-17,31H2,1-3H3/t22?,23-,24?,27+,28-,30+/m1/s1. The normalized spacial score (nSPS) is 40.2. The Bertz CT molecular complexity index is 1150. The molecule has 5 aliphatic rings. The van der Waals surface area contributed by atoms with Crippen LogP contribution in [-0.4, -0.2) is 47.1 Å². The number of Topliss-reactive ketones (excluding diaryl/α,β-unsaturated/α-hetero) is 1. The van der Waals surface area contributed by atoms with Gasteiger partial charge < -0.3 is 25.1 Å². The number of ether oxygens (including phenoxy) is 3. The minimum absolute atomic E-state index is 0.000484. The third-order valence-corrected chi connectivity index (χ3v) is 10.6. The highest BCUT2D eigenvalue weighted by Gasteiger charge is 2.68. The Morgan fingerprint density at radius 3 is 2.41 bits per heavy atom. The number of anilines is 1. The summed E-state index contributed by atoms with van der Waals surface area (Å²) in [6.45, 7) is 6.29. The maximum absolute atomic E-state index is 13.3. The number of nitrogen functional groups attached to an aromatic ring is 1. The lowest BCUT2D eigenvalue weighted by Crippen LogP contribution is -2.58. The zero-order chi connectivity index (χ0) is 26.2. The average Bonchev–Trinajstić information content (AvgIpc) is 3.40. The van der Waals surface area contributed by atoms with Crippen LogP contribution < -0.4 is 5.73 Å². The summed E-state index contributed by atoms with van der Waals surface area (Å²) < 4.78 is 18.1.